The van der Waals surface area contributed by atoms with Crippen molar-refractivity contribution in [2.75, 3.05) is 25.5 Å². The molecular formula is C28H27F2N3O3S. The first-order chi connectivity index (χ1) is 17.7. The summed E-state index contributed by atoms with van der Waals surface area (Å²) in [5.41, 5.74) is 3.75. The number of pyridine rings is 1. The molecule has 1 fully saturated rings. The van der Waals surface area contributed by atoms with Crippen molar-refractivity contribution in [1.29, 1.82) is 0 Å². The van der Waals surface area contributed by atoms with E-state index in [-0.39, 0.29) is 24.7 Å². The molecule has 0 unspecified atom stereocenters. The standard InChI is InChI=1S/C28H27F2N3O3S/c1-16-24-18(14-36-3)8-9-20(17(2)34)26(24)37-25(16)27(35)32-23-12-19(13-33-11-10-28(29,30)15-33)21-6-4-5-7-22(21)31-23/h4-9,12H,10-11,13-15H2,1-3H3,(H,31,32,35). The van der Waals surface area contributed by atoms with Gasteiger partial charge in [-0.3, -0.25) is 14.5 Å². The molecule has 1 N–H and O–H groups in total. The zero-order valence-electron chi connectivity index (χ0n) is 20.9. The van der Waals surface area contributed by atoms with Gasteiger partial charge in [-0.05, 0) is 48.7 Å². The lowest BCUT2D eigenvalue weighted by molar-refractivity contribution is 0.0115. The van der Waals surface area contributed by atoms with Crippen molar-refractivity contribution in [3.8, 4) is 0 Å². The van der Waals surface area contributed by atoms with E-state index in [0.717, 1.165) is 32.2 Å². The summed E-state index contributed by atoms with van der Waals surface area (Å²) in [5.74, 6) is -2.74. The number of ether oxygens (including phenoxy) is 1. The van der Waals surface area contributed by atoms with Gasteiger partial charge in [-0.25, -0.2) is 13.8 Å². The number of aryl methyl sites for hydroxylation is 1. The zero-order chi connectivity index (χ0) is 26.3. The molecule has 0 aliphatic carbocycles. The molecule has 4 aromatic rings. The summed E-state index contributed by atoms with van der Waals surface area (Å²) >= 11 is 1.27. The molecule has 1 saturated heterocycles. The molecule has 5 rings (SSSR count). The maximum absolute atomic E-state index is 13.8. The lowest BCUT2D eigenvalue weighted by Gasteiger charge is -2.18. The van der Waals surface area contributed by atoms with Crippen LogP contribution >= 0.6 is 11.3 Å². The fraction of sp³-hybridized carbons (Fsp3) is 0.321. The van der Waals surface area contributed by atoms with E-state index in [1.54, 1.807) is 24.1 Å². The van der Waals surface area contributed by atoms with E-state index < -0.39 is 5.92 Å². The number of aromatic nitrogens is 1. The molecule has 6 nitrogen and oxygen atoms in total. The first kappa shape index (κ1) is 25.4. The molecule has 3 heterocycles. The van der Waals surface area contributed by atoms with Gasteiger partial charge in [-0.15, -0.1) is 11.3 Å². The number of Topliss-reactive ketones (excluding diaryl/α,β-unsaturated/α-hetero) is 1. The Morgan fingerprint density at radius 3 is 2.68 bits per heavy atom. The summed E-state index contributed by atoms with van der Waals surface area (Å²) in [4.78, 5) is 32.6. The molecule has 1 aliphatic rings. The van der Waals surface area contributed by atoms with E-state index in [2.05, 4.69) is 10.3 Å². The first-order valence-corrected chi connectivity index (χ1v) is 12.8. The Morgan fingerprint density at radius 2 is 1.97 bits per heavy atom. The van der Waals surface area contributed by atoms with Crippen LogP contribution in [0, 0.1) is 6.92 Å². The fourth-order valence-electron chi connectivity index (χ4n) is 5.00. The number of methoxy groups -OCH3 is 1. The Kier molecular flexibility index (Phi) is 6.78. The third-order valence-corrected chi connectivity index (χ3v) is 8.06. The number of halogens is 2. The molecule has 0 saturated carbocycles. The first-order valence-electron chi connectivity index (χ1n) is 12.0. The number of anilines is 1. The highest BCUT2D eigenvalue weighted by molar-refractivity contribution is 7.21. The number of thiophene rings is 1. The lowest BCUT2D eigenvalue weighted by atomic mass is 10.0. The van der Waals surface area contributed by atoms with E-state index in [0.29, 0.717) is 41.5 Å². The summed E-state index contributed by atoms with van der Waals surface area (Å²) in [7, 11) is 1.60. The van der Waals surface area contributed by atoms with Crippen LogP contribution < -0.4 is 5.32 Å². The summed E-state index contributed by atoms with van der Waals surface area (Å²) in [6.07, 6.45) is -0.155. The molecule has 1 aliphatic heterocycles. The van der Waals surface area contributed by atoms with E-state index in [1.807, 2.05) is 37.3 Å². The van der Waals surface area contributed by atoms with Crippen LogP contribution in [0.15, 0.2) is 42.5 Å². The molecule has 2 aromatic carbocycles. The number of benzene rings is 2. The number of nitrogens with zero attached hydrogens (tertiary/aromatic N) is 2. The highest BCUT2D eigenvalue weighted by atomic mass is 32.1. The highest BCUT2D eigenvalue weighted by Gasteiger charge is 2.38. The van der Waals surface area contributed by atoms with Crippen LogP contribution in [-0.2, 0) is 17.9 Å². The van der Waals surface area contributed by atoms with Crippen LogP contribution in [0.5, 0.6) is 0 Å². The van der Waals surface area contributed by atoms with Crippen LogP contribution in [0.4, 0.5) is 14.6 Å². The van der Waals surface area contributed by atoms with E-state index in [1.165, 1.54) is 18.3 Å². The van der Waals surface area contributed by atoms with Crippen molar-refractivity contribution in [3.63, 3.8) is 0 Å². The number of amides is 1. The van der Waals surface area contributed by atoms with Gasteiger partial charge in [-0.2, -0.15) is 0 Å². The summed E-state index contributed by atoms with van der Waals surface area (Å²) < 4.78 is 33.7. The number of nitrogens with one attached hydrogen (secondary N) is 1. The minimum Gasteiger partial charge on any atom is -0.380 e. The van der Waals surface area contributed by atoms with Gasteiger partial charge in [0.2, 0.25) is 0 Å². The summed E-state index contributed by atoms with van der Waals surface area (Å²) in [6, 6.07) is 12.9. The van der Waals surface area contributed by atoms with Crippen molar-refractivity contribution in [2.45, 2.75) is 39.3 Å². The van der Waals surface area contributed by atoms with Crippen molar-refractivity contribution in [2.24, 2.45) is 0 Å². The second kappa shape index (κ2) is 9.89. The number of hydrogen-bond acceptors (Lipinski definition) is 6. The number of alkyl halides is 2. The summed E-state index contributed by atoms with van der Waals surface area (Å²) in [6.45, 7) is 4.10. The Bertz CT molecular complexity index is 1530. The number of carbonyl (C=O) groups is 2. The third kappa shape index (κ3) is 4.99. The van der Waals surface area contributed by atoms with Gasteiger partial charge in [0.1, 0.15) is 5.82 Å². The molecule has 192 valence electrons. The minimum absolute atomic E-state index is 0.0736. The van der Waals surface area contributed by atoms with Crippen LogP contribution in [0.2, 0.25) is 0 Å². The van der Waals surface area contributed by atoms with Crippen molar-refractivity contribution in [1.82, 2.24) is 9.88 Å². The van der Waals surface area contributed by atoms with Crippen LogP contribution in [-0.4, -0.2) is 47.7 Å². The molecule has 1 amide bonds. The van der Waals surface area contributed by atoms with Gasteiger partial charge in [0.25, 0.3) is 11.8 Å². The Hall–Kier alpha value is -3.27. The Balaban J connectivity index is 1.51. The number of carbonyl (C=O) groups excluding carboxylic acids is 2. The fourth-order valence-corrected chi connectivity index (χ4v) is 6.31. The monoisotopic (exact) mass is 523 g/mol. The number of hydrogen-bond donors (Lipinski definition) is 1. The van der Waals surface area contributed by atoms with Crippen LogP contribution in [0.25, 0.3) is 21.0 Å². The maximum Gasteiger partial charge on any atom is 0.267 e. The predicted octanol–water partition coefficient (Wildman–Crippen LogP) is 6.20. The molecule has 0 bridgehead atoms. The normalized spacial score (nSPS) is 15.5. The minimum atomic E-state index is -2.68. The van der Waals surface area contributed by atoms with E-state index >= 15 is 0 Å². The van der Waals surface area contributed by atoms with Gasteiger partial charge in [0.05, 0.1) is 23.5 Å². The third-order valence-electron chi connectivity index (χ3n) is 6.74. The number of para-hydroxylation sites is 1. The van der Waals surface area contributed by atoms with E-state index in [4.69, 9.17) is 4.74 Å². The van der Waals surface area contributed by atoms with Crippen LogP contribution in [0.3, 0.4) is 0 Å². The lowest BCUT2D eigenvalue weighted by Crippen LogP contribution is -2.25. The molecular weight excluding hydrogens is 496 g/mol. The Labute approximate surface area is 217 Å². The summed E-state index contributed by atoms with van der Waals surface area (Å²) in [5, 5.41) is 4.63. The molecule has 0 radical (unpaired) electrons. The van der Waals surface area contributed by atoms with Gasteiger partial charge < -0.3 is 10.1 Å². The zero-order valence-corrected chi connectivity index (χ0v) is 21.7. The molecule has 37 heavy (non-hydrogen) atoms. The Morgan fingerprint density at radius 1 is 1.19 bits per heavy atom. The number of ketones is 1. The van der Waals surface area contributed by atoms with E-state index in [9.17, 15) is 18.4 Å². The molecule has 2 aromatic heterocycles. The molecule has 0 atom stereocenters. The van der Waals surface area contributed by atoms with Crippen molar-refractivity contribution in [3.05, 3.63) is 69.6 Å². The SMILES string of the molecule is COCc1ccc(C(C)=O)c2sc(C(=O)Nc3cc(CN4CCC(F)(F)C4)c4ccccc4n3)c(C)c12. The van der Waals surface area contributed by atoms with Crippen molar-refractivity contribution >= 4 is 49.8 Å². The maximum atomic E-state index is 13.8. The average molecular weight is 524 g/mol. The second-order valence-electron chi connectivity index (χ2n) is 9.48. The van der Waals surface area contributed by atoms with Gasteiger partial charge >= 0.3 is 0 Å². The average Bonchev–Trinajstić information content (AvgIpc) is 3.38. The predicted molar refractivity (Wildman–Crippen MR) is 142 cm³/mol. The number of likely N-dealkylation sites (tertiary alicyclic amines) is 1. The molecule has 0 spiro atoms. The van der Waals surface area contributed by atoms with Gasteiger partial charge in [-0.1, -0.05) is 24.3 Å². The second-order valence-corrected chi connectivity index (χ2v) is 10.5. The quantitative estimate of drug-likeness (QED) is 0.292. The number of fused-ring (bicyclic) bond motifs is 2. The topological polar surface area (TPSA) is 71.5 Å². The molecule has 9 heteroatoms. The van der Waals surface area contributed by atoms with Gasteiger partial charge in [0.15, 0.2) is 5.78 Å². The van der Waals surface area contributed by atoms with Crippen molar-refractivity contribution < 1.29 is 23.1 Å². The van der Waals surface area contributed by atoms with Gasteiger partial charge in [0, 0.05) is 47.7 Å². The smallest absolute Gasteiger partial charge is 0.267 e. The highest BCUT2D eigenvalue weighted by Crippen LogP contribution is 2.37. The largest absolute Gasteiger partial charge is 0.380 e. The number of rotatable bonds is 7. The van der Waals surface area contributed by atoms with Crippen LogP contribution in [0.1, 0.15) is 50.1 Å².